The van der Waals surface area contributed by atoms with Crippen LogP contribution in [0, 0.1) is 29.9 Å². The van der Waals surface area contributed by atoms with Gasteiger partial charge in [0.2, 0.25) is 5.91 Å². The summed E-state index contributed by atoms with van der Waals surface area (Å²) in [6.07, 6.45) is 0. The number of amides is 1. The number of carbonyl (C=O) groups is 1. The fourth-order valence-corrected chi connectivity index (χ4v) is 4.26. The third-order valence-corrected chi connectivity index (χ3v) is 6.07. The molecule has 10 heteroatoms. The number of piperazine rings is 1. The van der Waals surface area contributed by atoms with Crippen LogP contribution in [-0.4, -0.2) is 56.6 Å². The number of hydrogen-bond acceptors (Lipinski definition) is 5. The van der Waals surface area contributed by atoms with Crippen molar-refractivity contribution in [3.05, 3.63) is 55.3 Å². The zero-order valence-corrected chi connectivity index (χ0v) is 18.8. The van der Waals surface area contributed by atoms with Crippen molar-refractivity contribution < 1.29 is 9.72 Å². The molecule has 1 aliphatic rings. The Morgan fingerprint density at radius 1 is 1.23 bits per heavy atom. The molecule has 0 saturated carbocycles. The molecule has 1 aromatic heterocycles. The van der Waals surface area contributed by atoms with E-state index in [1.165, 1.54) is 0 Å². The number of nitrogens with zero attached hydrogens (tertiary/aromatic N) is 5. The van der Waals surface area contributed by atoms with Crippen LogP contribution < -0.4 is 0 Å². The fraction of sp³-hybridized carbons (Fsp3) is 0.500. The van der Waals surface area contributed by atoms with Gasteiger partial charge in [0, 0.05) is 42.8 Å². The Kier molecular flexibility index (Phi) is 7.00. The van der Waals surface area contributed by atoms with Gasteiger partial charge in [-0.25, -0.2) is 0 Å². The Balaban J connectivity index is 1.56. The van der Waals surface area contributed by atoms with Gasteiger partial charge in [-0.15, -0.1) is 0 Å². The van der Waals surface area contributed by atoms with Crippen molar-refractivity contribution in [3.63, 3.8) is 0 Å². The van der Waals surface area contributed by atoms with Gasteiger partial charge in [0.15, 0.2) is 0 Å². The van der Waals surface area contributed by atoms with Crippen LogP contribution in [0.15, 0.2) is 18.2 Å². The van der Waals surface area contributed by atoms with Gasteiger partial charge in [-0.3, -0.25) is 24.5 Å². The van der Waals surface area contributed by atoms with Crippen molar-refractivity contribution in [3.8, 4) is 0 Å². The quantitative estimate of drug-likeness (QED) is 0.491. The highest BCUT2D eigenvalue weighted by Crippen LogP contribution is 2.24. The molecule has 1 fully saturated rings. The van der Waals surface area contributed by atoms with Crippen LogP contribution in [0.5, 0.6) is 0 Å². The standard InChI is InChI=1S/C20H25Cl2N5O3/c1-13(11-26-15(3)19(27(29)30)14(2)23-26)20(28)25-8-6-24(7-9-25)12-16-4-5-17(21)10-18(16)22/h4-5,10,13H,6-9,11-12H2,1-3H3. The number of aromatic nitrogens is 2. The number of halogens is 2. The molecule has 1 unspecified atom stereocenters. The molecular formula is C20H25Cl2N5O3. The molecular weight excluding hydrogens is 429 g/mol. The van der Waals surface area contributed by atoms with E-state index in [0.717, 1.165) is 18.7 Å². The number of carbonyl (C=O) groups excluding carboxylic acids is 1. The maximum Gasteiger partial charge on any atom is 0.312 e. The van der Waals surface area contributed by atoms with Gasteiger partial charge in [-0.2, -0.15) is 5.10 Å². The molecule has 3 rings (SSSR count). The molecule has 0 spiro atoms. The maximum atomic E-state index is 12.9. The average Bonchev–Trinajstić information content (AvgIpc) is 2.97. The van der Waals surface area contributed by atoms with Crippen LogP contribution in [0.1, 0.15) is 23.9 Å². The van der Waals surface area contributed by atoms with E-state index in [1.54, 1.807) is 24.6 Å². The van der Waals surface area contributed by atoms with Gasteiger partial charge in [0.1, 0.15) is 11.4 Å². The molecule has 2 heterocycles. The van der Waals surface area contributed by atoms with E-state index in [-0.39, 0.29) is 17.5 Å². The predicted octanol–water partition coefficient (Wildman–Crippen LogP) is 3.70. The molecule has 1 saturated heterocycles. The number of hydrogen-bond donors (Lipinski definition) is 0. The van der Waals surface area contributed by atoms with E-state index >= 15 is 0 Å². The first-order valence-electron chi connectivity index (χ1n) is 9.80. The van der Waals surface area contributed by atoms with Crippen molar-refractivity contribution in [2.24, 2.45) is 5.92 Å². The summed E-state index contributed by atoms with van der Waals surface area (Å²) < 4.78 is 1.56. The first-order chi connectivity index (χ1) is 14.2. The molecule has 0 N–H and O–H groups in total. The summed E-state index contributed by atoms with van der Waals surface area (Å²) in [5, 5.41) is 16.7. The highest BCUT2D eigenvalue weighted by molar-refractivity contribution is 6.35. The number of aryl methyl sites for hydroxylation is 1. The van der Waals surface area contributed by atoms with Gasteiger partial charge in [0.25, 0.3) is 0 Å². The fourth-order valence-electron chi connectivity index (χ4n) is 3.80. The Bertz CT molecular complexity index is 954. The second kappa shape index (κ2) is 9.32. The lowest BCUT2D eigenvalue weighted by atomic mass is 10.1. The summed E-state index contributed by atoms with van der Waals surface area (Å²) in [6.45, 7) is 8.91. The number of rotatable bonds is 6. The minimum absolute atomic E-state index is 0.0177. The van der Waals surface area contributed by atoms with E-state index in [9.17, 15) is 14.9 Å². The monoisotopic (exact) mass is 453 g/mol. The van der Waals surface area contributed by atoms with Gasteiger partial charge in [-0.05, 0) is 31.5 Å². The summed E-state index contributed by atoms with van der Waals surface area (Å²) in [5.74, 6) is -0.283. The normalized spacial score (nSPS) is 16.0. The van der Waals surface area contributed by atoms with Crippen LogP contribution in [0.25, 0.3) is 0 Å². The Morgan fingerprint density at radius 3 is 2.47 bits per heavy atom. The number of benzene rings is 1. The maximum absolute atomic E-state index is 12.9. The Hall–Kier alpha value is -2.16. The molecule has 162 valence electrons. The zero-order chi connectivity index (χ0) is 22.0. The van der Waals surface area contributed by atoms with Gasteiger partial charge in [0.05, 0.1) is 17.4 Å². The van der Waals surface area contributed by atoms with Crippen molar-refractivity contribution in [2.45, 2.75) is 33.9 Å². The minimum atomic E-state index is -0.424. The first kappa shape index (κ1) is 22.5. The minimum Gasteiger partial charge on any atom is -0.340 e. The van der Waals surface area contributed by atoms with Crippen molar-refractivity contribution in [2.75, 3.05) is 26.2 Å². The molecule has 0 aliphatic carbocycles. The van der Waals surface area contributed by atoms with Crippen LogP contribution in [0.2, 0.25) is 10.0 Å². The summed E-state index contributed by atoms with van der Waals surface area (Å²) in [4.78, 5) is 27.8. The lowest BCUT2D eigenvalue weighted by molar-refractivity contribution is -0.386. The third kappa shape index (κ3) is 4.94. The second-order valence-electron chi connectivity index (χ2n) is 7.70. The topological polar surface area (TPSA) is 84.5 Å². The highest BCUT2D eigenvalue weighted by atomic mass is 35.5. The van der Waals surface area contributed by atoms with Gasteiger partial charge in [-0.1, -0.05) is 36.2 Å². The largest absolute Gasteiger partial charge is 0.340 e. The molecule has 0 bridgehead atoms. The third-order valence-electron chi connectivity index (χ3n) is 5.49. The van der Waals surface area contributed by atoms with Crippen LogP contribution in [-0.2, 0) is 17.9 Å². The molecule has 30 heavy (non-hydrogen) atoms. The van der Waals surface area contributed by atoms with Crippen molar-refractivity contribution >= 4 is 34.8 Å². The second-order valence-corrected chi connectivity index (χ2v) is 8.54. The first-order valence-corrected chi connectivity index (χ1v) is 10.6. The number of nitro groups is 1. The van der Waals surface area contributed by atoms with Crippen LogP contribution in [0.3, 0.4) is 0 Å². The van der Waals surface area contributed by atoms with E-state index < -0.39 is 4.92 Å². The molecule has 1 atom stereocenters. The average molecular weight is 454 g/mol. The SMILES string of the molecule is Cc1nn(CC(C)C(=O)N2CCN(Cc3ccc(Cl)cc3Cl)CC2)c(C)c1[N+](=O)[O-]. The zero-order valence-electron chi connectivity index (χ0n) is 17.3. The van der Waals surface area contributed by atoms with E-state index in [1.807, 2.05) is 24.0 Å². The molecule has 8 nitrogen and oxygen atoms in total. The highest BCUT2D eigenvalue weighted by Gasteiger charge is 2.28. The summed E-state index contributed by atoms with van der Waals surface area (Å²) in [6, 6.07) is 5.49. The Labute approximate surface area is 185 Å². The summed E-state index contributed by atoms with van der Waals surface area (Å²) in [7, 11) is 0. The summed E-state index contributed by atoms with van der Waals surface area (Å²) in [5.41, 5.74) is 1.87. The van der Waals surface area contributed by atoms with Crippen molar-refractivity contribution in [1.29, 1.82) is 0 Å². The molecule has 1 aromatic carbocycles. The van der Waals surface area contributed by atoms with Gasteiger partial charge >= 0.3 is 5.69 Å². The lowest BCUT2D eigenvalue weighted by Gasteiger charge is -2.36. The van der Waals surface area contributed by atoms with Crippen LogP contribution >= 0.6 is 23.2 Å². The Morgan fingerprint density at radius 2 is 1.90 bits per heavy atom. The lowest BCUT2D eigenvalue weighted by Crippen LogP contribution is -2.50. The smallest absolute Gasteiger partial charge is 0.312 e. The van der Waals surface area contributed by atoms with Crippen LogP contribution in [0.4, 0.5) is 5.69 Å². The van der Waals surface area contributed by atoms with E-state index in [0.29, 0.717) is 47.6 Å². The molecule has 1 amide bonds. The molecule has 0 radical (unpaired) electrons. The predicted molar refractivity (Wildman–Crippen MR) is 116 cm³/mol. The van der Waals surface area contributed by atoms with Crippen molar-refractivity contribution in [1.82, 2.24) is 19.6 Å². The van der Waals surface area contributed by atoms with E-state index in [2.05, 4.69) is 10.00 Å². The molecule has 1 aliphatic heterocycles. The van der Waals surface area contributed by atoms with Gasteiger partial charge < -0.3 is 4.90 Å². The van der Waals surface area contributed by atoms with E-state index in [4.69, 9.17) is 23.2 Å². The molecule has 2 aromatic rings. The summed E-state index contributed by atoms with van der Waals surface area (Å²) >= 11 is 12.2.